The molecule has 0 bridgehead atoms. The number of hydrogen-bond donors (Lipinski definition) is 1. The summed E-state index contributed by atoms with van der Waals surface area (Å²) in [5.41, 5.74) is 1.12. The molecule has 0 fully saturated rings. The zero-order valence-corrected chi connectivity index (χ0v) is 9.40. The van der Waals surface area contributed by atoms with E-state index in [4.69, 9.17) is 9.47 Å². The van der Waals surface area contributed by atoms with Gasteiger partial charge in [-0.2, -0.15) is 12.6 Å². The molecule has 4 heteroatoms. The Morgan fingerprint density at radius 3 is 2.85 bits per heavy atom. The maximum atomic E-state index is 5.46. The molecule has 70 valence electrons. The van der Waals surface area contributed by atoms with E-state index < -0.39 is 0 Å². The van der Waals surface area contributed by atoms with Crippen LogP contribution in [0.15, 0.2) is 16.6 Å². The molecule has 0 radical (unpaired) electrons. The minimum absolute atomic E-state index is 0.617. The molecule has 0 N–H and O–H groups in total. The molecule has 0 spiro atoms. The lowest BCUT2D eigenvalue weighted by atomic mass is 10.2. The Kier molecular flexibility index (Phi) is 2.69. The van der Waals surface area contributed by atoms with Crippen molar-refractivity contribution in [2.24, 2.45) is 0 Å². The molecule has 0 unspecified atom stereocenters. The minimum Gasteiger partial charge on any atom is -0.486 e. The summed E-state index contributed by atoms with van der Waals surface area (Å²) in [6.07, 6.45) is 0. The molecule has 0 saturated carbocycles. The van der Waals surface area contributed by atoms with E-state index in [1.165, 1.54) is 0 Å². The molecular formula is C9H9BrO2S. The Morgan fingerprint density at radius 2 is 2.08 bits per heavy atom. The third kappa shape index (κ3) is 1.79. The second-order valence-corrected chi connectivity index (χ2v) is 3.93. The van der Waals surface area contributed by atoms with Crippen molar-refractivity contribution < 1.29 is 9.47 Å². The van der Waals surface area contributed by atoms with Crippen molar-refractivity contribution in [3.63, 3.8) is 0 Å². The molecule has 1 aliphatic heterocycles. The van der Waals surface area contributed by atoms with Gasteiger partial charge in [-0.05, 0) is 33.6 Å². The fourth-order valence-electron chi connectivity index (χ4n) is 1.26. The predicted octanol–water partition coefficient (Wildman–Crippen LogP) is 2.65. The van der Waals surface area contributed by atoms with Crippen LogP contribution in [-0.4, -0.2) is 13.2 Å². The number of ether oxygens (including phenoxy) is 2. The van der Waals surface area contributed by atoms with Gasteiger partial charge in [0.15, 0.2) is 11.5 Å². The van der Waals surface area contributed by atoms with Gasteiger partial charge in [-0.25, -0.2) is 0 Å². The zero-order valence-electron chi connectivity index (χ0n) is 6.92. The van der Waals surface area contributed by atoms with Crippen LogP contribution in [-0.2, 0) is 5.75 Å². The first-order chi connectivity index (χ1) is 6.31. The van der Waals surface area contributed by atoms with Crippen LogP contribution in [0.2, 0.25) is 0 Å². The third-order valence-electron chi connectivity index (χ3n) is 1.84. The van der Waals surface area contributed by atoms with Crippen LogP contribution in [0, 0.1) is 0 Å². The van der Waals surface area contributed by atoms with E-state index in [-0.39, 0.29) is 0 Å². The summed E-state index contributed by atoms with van der Waals surface area (Å²) in [5.74, 6) is 2.32. The second-order valence-electron chi connectivity index (χ2n) is 2.76. The highest BCUT2D eigenvalue weighted by molar-refractivity contribution is 9.10. The number of fused-ring (bicyclic) bond motifs is 1. The van der Waals surface area contributed by atoms with Gasteiger partial charge in [-0.1, -0.05) is 0 Å². The summed E-state index contributed by atoms with van der Waals surface area (Å²) >= 11 is 7.64. The van der Waals surface area contributed by atoms with Crippen molar-refractivity contribution in [1.29, 1.82) is 0 Å². The molecular weight excluding hydrogens is 252 g/mol. The number of hydrogen-bond acceptors (Lipinski definition) is 3. The van der Waals surface area contributed by atoms with E-state index in [9.17, 15) is 0 Å². The summed E-state index contributed by atoms with van der Waals surface area (Å²) in [7, 11) is 0. The Bertz CT molecular complexity index is 328. The van der Waals surface area contributed by atoms with Crippen LogP contribution in [0.5, 0.6) is 11.5 Å². The molecule has 0 aliphatic carbocycles. The third-order valence-corrected chi connectivity index (χ3v) is 2.79. The maximum Gasteiger partial charge on any atom is 0.175 e. The van der Waals surface area contributed by atoms with Crippen molar-refractivity contribution >= 4 is 28.6 Å². The molecule has 0 atom stereocenters. The number of halogens is 1. The summed E-state index contributed by atoms with van der Waals surface area (Å²) in [4.78, 5) is 0. The molecule has 13 heavy (non-hydrogen) atoms. The van der Waals surface area contributed by atoms with Gasteiger partial charge in [0.2, 0.25) is 0 Å². The summed E-state index contributed by atoms with van der Waals surface area (Å²) < 4.78 is 11.9. The normalized spacial score (nSPS) is 14.3. The van der Waals surface area contributed by atoms with Gasteiger partial charge in [0, 0.05) is 5.75 Å². The van der Waals surface area contributed by atoms with Crippen molar-refractivity contribution in [3.8, 4) is 11.5 Å². The SMILES string of the molecule is SCc1cc(Br)c2c(c1)OCCO2. The van der Waals surface area contributed by atoms with Gasteiger partial charge >= 0.3 is 0 Å². The number of thiol groups is 1. The lowest BCUT2D eigenvalue weighted by molar-refractivity contribution is 0.170. The first-order valence-corrected chi connectivity index (χ1v) is 5.42. The Hall–Kier alpha value is -0.350. The van der Waals surface area contributed by atoms with Crippen LogP contribution in [0.4, 0.5) is 0 Å². The molecule has 0 amide bonds. The largest absolute Gasteiger partial charge is 0.486 e. The number of benzene rings is 1. The topological polar surface area (TPSA) is 18.5 Å². The quantitative estimate of drug-likeness (QED) is 0.783. The van der Waals surface area contributed by atoms with E-state index in [1.54, 1.807) is 0 Å². The van der Waals surface area contributed by atoms with Gasteiger partial charge in [-0.15, -0.1) is 0 Å². The van der Waals surface area contributed by atoms with E-state index in [1.807, 2.05) is 12.1 Å². The van der Waals surface area contributed by atoms with E-state index in [0.717, 1.165) is 21.5 Å². The average Bonchev–Trinajstić information content (AvgIpc) is 2.18. The van der Waals surface area contributed by atoms with Crippen LogP contribution in [0.1, 0.15) is 5.56 Å². The first kappa shape index (κ1) is 9.21. The highest BCUT2D eigenvalue weighted by Crippen LogP contribution is 2.38. The van der Waals surface area contributed by atoms with Crippen LogP contribution in [0.25, 0.3) is 0 Å². The van der Waals surface area contributed by atoms with Gasteiger partial charge in [-0.3, -0.25) is 0 Å². The smallest absolute Gasteiger partial charge is 0.175 e. The van der Waals surface area contributed by atoms with E-state index >= 15 is 0 Å². The maximum absolute atomic E-state index is 5.46. The van der Waals surface area contributed by atoms with Crippen LogP contribution >= 0.6 is 28.6 Å². The lowest BCUT2D eigenvalue weighted by Crippen LogP contribution is -2.15. The van der Waals surface area contributed by atoms with Crippen molar-refractivity contribution in [3.05, 3.63) is 22.2 Å². The highest BCUT2D eigenvalue weighted by Gasteiger charge is 2.15. The first-order valence-electron chi connectivity index (χ1n) is 4.00. The summed E-state index contributed by atoms with van der Waals surface area (Å²) in [6.45, 7) is 1.24. The van der Waals surface area contributed by atoms with Gasteiger partial charge in [0.1, 0.15) is 13.2 Å². The Morgan fingerprint density at radius 1 is 1.31 bits per heavy atom. The van der Waals surface area contributed by atoms with Crippen LogP contribution < -0.4 is 9.47 Å². The second kappa shape index (κ2) is 3.80. The van der Waals surface area contributed by atoms with Crippen molar-refractivity contribution in [2.75, 3.05) is 13.2 Å². The molecule has 2 rings (SSSR count). The highest BCUT2D eigenvalue weighted by atomic mass is 79.9. The molecule has 0 saturated heterocycles. The molecule has 2 nitrogen and oxygen atoms in total. The standard InChI is InChI=1S/C9H9BrO2S/c10-7-3-6(5-13)4-8-9(7)12-2-1-11-8/h3-4,13H,1-2,5H2. The molecule has 1 aromatic rings. The molecule has 0 aromatic heterocycles. The monoisotopic (exact) mass is 260 g/mol. The lowest BCUT2D eigenvalue weighted by Gasteiger charge is -2.20. The fourth-order valence-corrected chi connectivity index (χ4v) is 2.04. The summed E-state index contributed by atoms with van der Waals surface area (Å²) in [5, 5.41) is 0. The minimum atomic E-state index is 0.617. The molecule has 1 aliphatic rings. The van der Waals surface area contributed by atoms with Crippen molar-refractivity contribution in [2.45, 2.75) is 5.75 Å². The van der Waals surface area contributed by atoms with Crippen LogP contribution in [0.3, 0.4) is 0 Å². The van der Waals surface area contributed by atoms with Gasteiger partial charge < -0.3 is 9.47 Å². The Labute approximate surface area is 90.8 Å². The van der Waals surface area contributed by atoms with Crippen molar-refractivity contribution in [1.82, 2.24) is 0 Å². The number of rotatable bonds is 1. The average molecular weight is 261 g/mol. The predicted molar refractivity (Wildman–Crippen MR) is 57.8 cm³/mol. The van der Waals surface area contributed by atoms with E-state index in [0.29, 0.717) is 19.0 Å². The summed E-state index contributed by atoms with van der Waals surface area (Å²) in [6, 6.07) is 3.97. The molecule has 1 aromatic carbocycles. The fraction of sp³-hybridized carbons (Fsp3) is 0.333. The molecule has 1 heterocycles. The van der Waals surface area contributed by atoms with Gasteiger partial charge in [0.05, 0.1) is 4.47 Å². The van der Waals surface area contributed by atoms with E-state index in [2.05, 4.69) is 28.6 Å². The Balaban J connectivity index is 2.47. The van der Waals surface area contributed by atoms with Gasteiger partial charge in [0.25, 0.3) is 0 Å². The zero-order chi connectivity index (χ0) is 9.26.